The number of benzene rings is 1. The van der Waals surface area contributed by atoms with Gasteiger partial charge in [-0.2, -0.15) is 0 Å². The van der Waals surface area contributed by atoms with Crippen LogP contribution in [0.2, 0.25) is 10.0 Å². The van der Waals surface area contributed by atoms with Gasteiger partial charge in [0.2, 0.25) is 0 Å². The molecule has 0 amide bonds. The summed E-state index contributed by atoms with van der Waals surface area (Å²) in [6.07, 6.45) is 5.87. The first-order valence-electron chi connectivity index (χ1n) is 5.71. The summed E-state index contributed by atoms with van der Waals surface area (Å²) >= 11 is 15.6. The molecule has 0 N–H and O–H groups in total. The lowest BCUT2D eigenvalue weighted by Crippen LogP contribution is -1.98. The fourth-order valence-electron chi connectivity index (χ4n) is 1.70. The van der Waals surface area contributed by atoms with Crippen LogP contribution in [-0.2, 0) is 6.42 Å². The van der Waals surface area contributed by atoms with Crippen LogP contribution in [0.25, 0.3) is 0 Å². The van der Waals surface area contributed by atoms with Gasteiger partial charge in [-0.15, -0.1) is 0 Å². The smallest absolute Gasteiger partial charge is 0.0452 e. The summed E-state index contributed by atoms with van der Waals surface area (Å²) < 4.78 is 0. The van der Waals surface area contributed by atoms with Crippen LogP contribution in [0.15, 0.2) is 18.2 Å². The average molecular weight is 324 g/mol. The zero-order valence-corrected chi connectivity index (χ0v) is 12.6. The Balaban J connectivity index is 2.37. The second-order valence-corrected chi connectivity index (χ2v) is 6.15. The molecule has 0 nitrogen and oxygen atoms in total. The molecule has 0 aliphatic carbocycles. The van der Waals surface area contributed by atoms with E-state index in [4.69, 9.17) is 23.2 Å². The van der Waals surface area contributed by atoms with Crippen LogP contribution >= 0.6 is 39.1 Å². The minimum atomic E-state index is 0.642. The first kappa shape index (κ1) is 14.3. The zero-order valence-electron chi connectivity index (χ0n) is 9.48. The van der Waals surface area contributed by atoms with E-state index in [0.717, 1.165) is 17.9 Å². The van der Waals surface area contributed by atoms with Gasteiger partial charge in [-0.1, -0.05) is 58.5 Å². The Morgan fingerprint density at radius 2 is 2.00 bits per heavy atom. The lowest BCUT2D eigenvalue weighted by Gasteiger charge is -2.08. The van der Waals surface area contributed by atoms with E-state index in [9.17, 15) is 0 Å². The second-order valence-electron chi connectivity index (χ2n) is 4.01. The van der Waals surface area contributed by atoms with Crippen molar-refractivity contribution < 1.29 is 0 Å². The molecule has 0 radical (unpaired) electrons. The summed E-state index contributed by atoms with van der Waals surface area (Å²) in [5, 5.41) is 1.49. The molecule has 1 rings (SSSR count). The molecule has 1 aromatic carbocycles. The molecule has 1 unspecified atom stereocenters. The Bertz CT molecular complexity index is 326. The van der Waals surface area contributed by atoms with Crippen LogP contribution in [0.4, 0.5) is 0 Å². The molecular weight excluding hydrogens is 307 g/mol. The van der Waals surface area contributed by atoms with Gasteiger partial charge in [-0.3, -0.25) is 0 Å². The molecule has 0 saturated carbocycles. The maximum absolute atomic E-state index is 6.11. The Labute approximate surface area is 116 Å². The van der Waals surface area contributed by atoms with E-state index in [1.807, 2.05) is 18.2 Å². The maximum atomic E-state index is 6.11. The highest BCUT2D eigenvalue weighted by Gasteiger charge is 2.05. The van der Waals surface area contributed by atoms with Gasteiger partial charge in [0, 0.05) is 14.9 Å². The van der Waals surface area contributed by atoms with Gasteiger partial charge in [-0.25, -0.2) is 0 Å². The Morgan fingerprint density at radius 1 is 1.25 bits per heavy atom. The Morgan fingerprint density at radius 3 is 2.62 bits per heavy atom. The molecule has 0 saturated heterocycles. The number of alkyl halides is 1. The fourth-order valence-corrected chi connectivity index (χ4v) is 2.98. The predicted octanol–water partition coefficient (Wildman–Crippen LogP) is 5.88. The van der Waals surface area contributed by atoms with E-state index >= 15 is 0 Å². The van der Waals surface area contributed by atoms with Crippen LogP contribution in [0, 0.1) is 0 Å². The van der Waals surface area contributed by atoms with Crippen molar-refractivity contribution in [1.82, 2.24) is 0 Å². The normalized spacial score (nSPS) is 12.8. The molecule has 0 spiro atoms. The molecule has 0 aromatic heterocycles. The van der Waals surface area contributed by atoms with Crippen molar-refractivity contribution >= 4 is 39.1 Å². The van der Waals surface area contributed by atoms with Gasteiger partial charge in [0.15, 0.2) is 0 Å². The van der Waals surface area contributed by atoms with Gasteiger partial charge in [0.1, 0.15) is 0 Å². The monoisotopic (exact) mass is 322 g/mol. The molecule has 1 aromatic rings. The fraction of sp³-hybridized carbons (Fsp3) is 0.538. The van der Waals surface area contributed by atoms with E-state index in [1.165, 1.54) is 24.8 Å². The van der Waals surface area contributed by atoms with Gasteiger partial charge >= 0.3 is 0 Å². The third kappa shape index (κ3) is 5.07. The van der Waals surface area contributed by atoms with Gasteiger partial charge in [0.25, 0.3) is 0 Å². The highest BCUT2D eigenvalue weighted by atomic mass is 79.9. The topological polar surface area (TPSA) is 0 Å². The summed E-state index contributed by atoms with van der Waals surface area (Å²) in [5.74, 6) is 0. The lowest BCUT2D eigenvalue weighted by atomic mass is 10.1. The third-order valence-corrected chi connectivity index (χ3v) is 4.08. The average Bonchev–Trinajstić information content (AvgIpc) is 2.22. The quantitative estimate of drug-likeness (QED) is 0.573. The number of halogens is 3. The van der Waals surface area contributed by atoms with E-state index in [0.29, 0.717) is 9.85 Å². The van der Waals surface area contributed by atoms with Crippen LogP contribution in [0.3, 0.4) is 0 Å². The minimum Gasteiger partial charge on any atom is -0.0891 e. The summed E-state index contributed by atoms with van der Waals surface area (Å²) in [5.41, 5.74) is 1.20. The molecule has 90 valence electrons. The second kappa shape index (κ2) is 7.58. The largest absolute Gasteiger partial charge is 0.0891 e. The first-order valence-corrected chi connectivity index (χ1v) is 7.38. The van der Waals surface area contributed by atoms with E-state index < -0.39 is 0 Å². The minimum absolute atomic E-state index is 0.642. The van der Waals surface area contributed by atoms with Crippen LogP contribution in [-0.4, -0.2) is 4.83 Å². The predicted molar refractivity (Wildman–Crippen MR) is 77.0 cm³/mol. The molecule has 0 bridgehead atoms. The highest BCUT2D eigenvalue weighted by Crippen LogP contribution is 2.23. The van der Waals surface area contributed by atoms with Crippen LogP contribution in [0.5, 0.6) is 0 Å². The molecular formula is C13H17BrCl2. The number of hydrogen-bond donors (Lipinski definition) is 0. The summed E-state index contributed by atoms with van der Waals surface area (Å²) in [4.78, 5) is 0.642. The zero-order chi connectivity index (χ0) is 12.0. The lowest BCUT2D eigenvalue weighted by molar-refractivity contribution is 0.655. The van der Waals surface area contributed by atoms with E-state index in [2.05, 4.69) is 22.9 Å². The molecule has 1 atom stereocenters. The maximum Gasteiger partial charge on any atom is 0.0452 e. The van der Waals surface area contributed by atoms with Crippen molar-refractivity contribution in [1.29, 1.82) is 0 Å². The number of aryl methyl sites for hydroxylation is 1. The first-order chi connectivity index (χ1) is 7.63. The van der Waals surface area contributed by atoms with E-state index in [-0.39, 0.29) is 0 Å². The number of rotatable bonds is 6. The molecule has 0 aliphatic heterocycles. The van der Waals surface area contributed by atoms with Crippen molar-refractivity contribution in [2.75, 3.05) is 0 Å². The standard InChI is InChI=1S/C13H17BrCl2/c1-2-4-11(14)6-3-5-10-7-8-12(15)9-13(10)16/h7-9,11H,2-6H2,1H3. The van der Waals surface area contributed by atoms with Crippen LogP contribution in [0.1, 0.15) is 38.2 Å². The van der Waals surface area contributed by atoms with Gasteiger partial charge < -0.3 is 0 Å². The van der Waals surface area contributed by atoms with Crippen molar-refractivity contribution in [3.8, 4) is 0 Å². The van der Waals surface area contributed by atoms with Gasteiger partial charge in [-0.05, 0) is 43.4 Å². The summed E-state index contributed by atoms with van der Waals surface area (Å²) in [7, 11) is 0. The number of hydrogen-bond acceptors (Lipinski definition) is 0. The molecule has 3 heteroatoms. The highest BCUT2D eigenvalue weighted by molar-refractivity contribution is 9.09. The van der Waals surface area contributed by atoms with Crippen LogP contribution < -0.4 is 0 Å². The summed E-state index contributed by atoms with van der Waals surface area (Å²) in [6.45, 7) is 2.21. The SMILES string of the molecule is CCCC(Br)CCCc1ccc(Cl)cc1Cl. The Hall–Kier alpha value is 0.280. The summed E-state index contributed by atoms with van der Waals surface area (Å²) in [6, 6.07) is 5.74. The van der Waals surface area contributed by atoms with Crippen molar-refractivity contribution in [3.63, 3.8) is 0 Å². The molecule has 0 aliphatic rings. The molecule has 0 fully saturated rings. The Kier molecular flexibility index (Phi) is 6.79. The van der Waals surface area contributed by atoms with Crippen molar-refractivity contribution in [3.05, 3.63) is 33.8 Å². The van der Waals surface area contributed by atoms with Gasteiger partial charge in [0.05, 0.1) is 0 Å². The van der Waals surface area contributed by atoms with E-state index in [1.54, 1.807) is 0 Å². The van der Waals surface area contributed by atoms with Crippen molar-refractivity contribution in [2.24, 2.45) is 0 Å². The third-order valence-electron chi connectivity index (χ3n) is 2.58. The molecule has 0 heterocycles. The van der Waals surface area contributed by atoms with Crippen molar-refractivity contribution in [2.45, 2.75) is 43.9 Å². The molecule has 16 heavy (non-hydrogen) atoms.